The van der Waals surface area contributed by atoms with Crippen molar-refractivity contribution in [3.63, 3.8) is 0 Å². The van der Waals surface area contributed by atoms with Gasteiger partial charge in [-0.05, 0) is 42.9 Å². The summed E-state index contributed by atoms with van der Waals surface area (Å²) in [6.07, 6.45) is 2.70. The first-order valence-corrected chi connectivity index (χ1v) is 9.34. The van der Waals surface area contributed by atoms with E-state index in [0.29, 0.717) is 6.42 Å². The molecule has 0 aliphatic carbocycles. The van der Waals surface area contributed by atoms with Crippen LogP contribution in [0.2, 0.25) is 0 Å². The molecule has 24 heavy (non-hydrogen) atoms. The van der Waals surface area contributed by atoms with E-state index in [-0.39, 0.29) is 6.04 Å². The largest absolute Gasteiger partial charge is 0.506 e. The van der Waals surface area contributed by atoms with E-state index in [9.17, 15) is 4.79 Å². The molecule has 2 atom stereocenters. The second-order valence-electron chi connectivity index (χ2n) is 6.15. The third-order valence-corrected chi connectivity index (χ3v) is 5.52. The van der Waals surface area contributed by atoms with E-state index in [1.807, 2.05) is 35.7 Å². The Bertz CT molecular complexity index is 623. The van der Waals surface area contributed by atoms with Gasteiger partial charge in [-0.1, -0.05) is 42.8 Å². The molecule has 1 N–H and O–H groups in total. The van der Waals surface area contributed by atoms with Gasteiger partial charge in [0.15, 0.2) is 0 Å². The van der Waals surface area contributed by atoms with E-state index in [0.717, 1.165) is 18.0 Å². The second-order valence-corrected chi connectivity index (χ2v) is 7.13. The van der Waals surface area contributed by atoms with Crippen LogP contribution in [0.4, 0.5) is 4.79 Å². The topological polar surface area (TPSA) is 49.8 Å². The van der Waals surface area contributed by atoms with Crippen LogP contribution in [0.25, 0.3) is 0 Å². The second kappa shape index (κ2) is 8.31. The molecule has 5 heteroatoms. The molecule has 1 fully saturated rings. The molecule has 0 saturated carbocycles. The predicted molar refractivity (Wildman–Crippen MR) is 95.4 cm³/mol. The Morgan fingerprint density at radius 3 is 2.50 bits per heavy atom. The van der Waals surface area contributed by atoms with Crippen molar-refractivity contribution in [1.82, 2.24) is 4.90 Å². The molecule has 128 valence electrons. The standard InChI is InChI=1S/C19H23NO3S/c21-19(22)23-17(18-10-7-13-24-18)14-16(15-8-3-1-4-9-15)20-11-5-2-6-12-20/h1,3-4,7-10,13,16-17H,2,5-6,11-12,14H2,(H,21,22). The zero-order valence-electron chi connectivity index (χ0n) is 13.6. The predicted octanol–water partition coefficient (Wildman–Crippen LogP) is 5.10. The van der Waals surface area contributed by atoms with E-state index < -0.39 is 12.3 Å². The lowest BCUT2D eigenvalue weighted by Gasteiger charge is -2.36. The number of carbonyl (C=O) groups is 1. The molecular weight excluding hydrogens is 322 g/mol. The number of thiophene rings is 1. The van der Waals surface area contributed by atoms with E-state index in [1.54, 1.807) is 11.3 Å². The van der Waals surface area contributed by atoms with Gasteiger partial charge in [0, 0.05) is 17.3 Å². The lowest BCUT2D eigenvalue weighted by Crippen LogP contribution is -2.35. The van der Waals surface area contributed by atoms with Crippen LogP contribution in [0.15, 0.2) is 47.8 Å². The summed E-state index contributed by atoms with van der Waals surface area (Å²) in [5, 5.41) is 11.1. The first kappa shape index (κ1) is 17.0. The summed E-state index contributed by atoms with van der Waals surface area (Å²) in [6.45, 7) is 2.12. The minimum Gasteiger partial charge on any atom is -0.450 e. The van der Waals surface area contributed by atoms with Gasteiger partial charge in [-0.2, -0.15) is 0 Å². The summed E-state index contributed by atoms with van der Waals surface area (Å²) < 4.78 is 5.24. The summed E-state index contributed by atoms with van der Waals surface area (Å²) in [5.41, 5.74) is 1.23. The molecule has 3 rings (SSSR count). The Hall–Kier alpha value is -1.85. The van der Waals surface area contributed by atoms with Crippen LogP contribution in [0.1, 0.15) is 48.3 Å². The van der Waals surface area contributed by atoms with Crippen molar-refractivity contribution in [3.05, 3.63) is 58.3 Å². The molecule has 2 aromatic rings. The van der Waals surface area contributed by atoms with Gasteiger partial charge in [-0.25, -0.2) is 4.79 Å². The summed E-state index contributed by atoms with van der Waals surface area (Å²) in [6, 6.07) is 14.4. The number of carboxylic acid groups (broad SMARTS) is 1. The van der Waals surface area contributed by atoms with Crippen LogP contribution in [0.3, 0.4) is 0 Å². The summed E-state index contributed by atoms with van der Waals surface area (Å²) in [7, 11) is 0. The maximum Gasteiger partial charge on any atom is 0.506 e. The zero-order valence-corrected chi connectivity index (χ0v) is 14.5. The SMILES string of the molecule is O=C(O)OC(CC(c1ccccc1)N1CCCCC1)c1cccs1. The average Bonchev–Trinajstić information content (AvgIpc) is 3.14. The molecule has 0 bridgehead atoms. The molecule has 1 saturated heterocycles. The van der Waals surface area contributed by atoms with Gasteiger partial charge < -0.3 is 9.84 Å². The molecule has 0 radical (unpaired) electrons. The van der Waals surface area contributed by atoms with Crippen molar-refractivity contribution >= 4 is 17.5 Å². The maximum absolute atomic E-state index is 11.2. The van der Waals surface area contributed by atoms with Gasteiger partial charge in [0.05, 0.1) is 0 Å². The summed E-state index contributed by atoms with van der Waals surface area (Å²) >= 11 is 1.55. The number of likely N-dealkylation sites (tertiary alicyclic amines) is 1. The molecule has 1 aliphatic heterocycles. The quantitative estimate of drug-likeness (QED) is 0.740. The van der Waals surface area contributed by atoms with E-state index in [4.69, 9.17) is 9.84 Å². The molecule has 0 spiro atoms. The first-order valence-electron chi connectivity index (χ1n) is 8.46. The van der Waals surface area contributed by atoms with Crippen LogP contribution in [0, 0.1) is 0 Å². The van der Waals surface area contributed by atoms with Gasteiger partial charge in [-0.15, -0.1) is 11.3 Å². The van der Waals surface area contributed by atoms with E-state index in [2.05, 4.69) is 17.0 Å². The third kappa shape index (κ3) is 4.36. The van der Waals surface area contributed by atoms with E-state index in [1.165, 1.54) is 24.8 Å². The fourth-order valence-corrected chi connectivity index (χ4v) is 4.19. The molecule has 2 heterocycles. The highest BCUT2D eigenvalue weighted by Crippen LogP contribution is 2.36. The highest BCUT2D eigenvalue weighted by Gasteiger charge is 2.28. The lowest BCUT2D eigenvalue weighted by atomic mass is 9.96. The number of hydrogen-bond acceptors (Lipinski definition) is 4. The van der Waals surface area contributed by atoms with Gasteiger partial charge in [-0.3, -0.25) is 4.90 Å². The molecule has 1 aliphatic rings. The minimum atomic E-state index is -1.21. The first-order chi connectivity index (χ1) is 11.7. The van der Waals surface area contributed by atoms with Crippen molar-refractivity contribution < 1.29 is 14.6 Å². The molecule has 1 aromatic carbocycles. The van der Waals surface area contributed by atoms with Crippen molar-refractivity contribution in [1.29, 1.82) is 0 Å². The van der Waals surface area contributed by atoms with Crippen LogP contribution in [-0.4, -0.2) is 29.3 Å². The minimum absolute atomic E-state index is 0.179. The average molecular weight is 345 g/mol. The Kier molecular flexibility index (Phi) is 5.88. The molecule has 2 unspecified atom stereocenters. The number of nitrogens with zero attached hydrogens (tertiary/aromatic N) is 1. The third-order valence-electron chi connectivity index (χ3n) is 4.56. The van der Waals surface area contributed by atoms with Gasteiger partial charge in [0.25, 0.3) is 0 Å². The molecule has 0 amide bonds. The van der Waals surface area contributed by atoms with E-state index >= 15 is 0 Å². The normalized spacial score (nSPS) is 18.0. The van der Waals surface area contributed by atoms with Gasteiger partial charge in [0.2, 0.25) is 0 Å². The Morgan fingerprint density at radius 2 is 1.88 bits per heavy atom. The van der Waals surface area contributed by atoms with Gasteiger partial charge in [0.1, 0.15) is 6.10 Å². The van der Waals surface area contributed by atoms with Crippen LogP contribution in [0.5, 0.6) is 0 Å². The van der Waals surface area contributed by atoms with Crippen molar-refractivity contribution in [2.75, 3.05) is 13.1 Å². The van der Waals surface area contributed by atoms with Crippen LogP contribution >= 0.6 is 11.3 Å². The maximum atomic E-state index is 11.2. The highest BCUT2D eigenvalue weighted by atomic mass is 32.1. The Labute approximate surface area is 146 Å². The molecule has 1 aromatic heterocycles. The molecular formula is C19H23NO3S. The summed E-state index contributed by atoms with van der Waals surface area (Å²) in [4.78, 5) is 14.6. The number of hydrogen-bond donors (Lipinski definition) is 1. The van der Waals surface area contributed by atoms with Crippen LogP contribution < -0.4 is 0 Å². The molecule has 4 nitrogen and oxygen atoms in total. The fraction of sp³-hybridized carbons (Fsp3) is 0.421. The monoisotopic (exact) mass is 345 g/mol. The number of piperidine rings is 1. The van der Waals surface area contributed by atoms with Gasteiger partial charge >= 0.3 is 6.16 Å². The zero-order chi connectivity index (χ0) is 16.8. The lowest BCUT2D eigenvalue weighted by molar-refractivity contribution is 0.0298. The van der Waals surface area contributed by atoms with Crippen molar-refractivity contribution in [3.8, 4) is 0 Å². The van der Waals surface area contributed by atoms with Crippen LogP contribution in [-0.2, 0) is 4.74 Å². The fourth-order valence-electron chi connectivity index (χ4n) is 3.42. The number of benzene rings is 1. The van der Waals surface area contributed by atoms with Crippen molar-refractivity contribution in [2.24, 2.45) is 0 Å². The Balaban J connectivity index is 1.84. The smallest absolute Gasteiger partial charge is 0.450 e. The number of ether oxygens (including phenoxy) is 1. The summed E-state index contributed by atoms with van der Waals surface area (Å²) in [5.74, 6) is 0. The Morgan fingerprint density at radius 1 is 1.12 bits per heavy atom. The van der Waals surface area contributed by atoms with Crippen molar-refractivity contribution in [2.45, 2.75) is 37.8 Å². The highest BCUT2D eigenvalue weighted by molar-refractivity contribution is 7.10. The number of rotatable bonds is 6.